The Hall–Kier alpha value is -2.54. The number of hydrogen-bond donors (Lipinski definition) is 1. The van der Waals surface area contributed by atoms with Crippen molar-refractivity contribution >= 4 is 5.91 Å². The van der Waals surface area contributed by atoms with E-state index in [1.807, 2.05) is 0 Å². The molecule has 6 nitrogen and oxygen atoms in total. The molecule has 0 spiro atoms. The average molecular weight is 343 g/mol. The topological polar surface area (TPSA) is 73.3 Å². The number of benzene rings is 1. The first-order chi connectivity index (χ1) is 12.2. The van der Waals surface area contributed by atoms with Gasteiger partial charge in [0.05, 0.1) is 6.54 Å². The minimum absolute atomic E-state index is 0.111. The largest absolute Gasteiger partial charge is 0.487 e. The number of ether oxygens (including phenoxy) is 2. The van der Waals surface area contributed by atoms with Gasteiger partial charge in [-0.25, -0.2) is 14.4 Å². The monoisotopic (exact) mass is 343 g/mol. The lowest BCUT2D eigenvalue weighted by Crippen LogP contribution is -2.40. The van der Waals surface area contributed by atoms with E-state index in [0.717, 1.165) is 18.4 Å². The molecule has 1 amide bonds. The summed E-state index contributed by atoms with van der Waals surface area (Å²) in [7, 11) is 0. The average Bonchev–Trinajstić information content (AvgIpc) is 3.29. The molecule has 1 saturated heterocycles. The van der Waals surface area contributed by atoms with Gasteiger partial charge in [0.15, 0.2) is 0 Å². The summed E-state index contributed by atoms with van der Waals surface area (Å²) in [4.78, 5) is 20.0. The lowest BCUT2D eigenvalue weighted by atomic mass is 10.0. The van der Waals surface area contributed by atoms with Crippen LogP contribution in [-0.4, -0.2) is 41.2 Å². The van der Waals surface area contributed by atoms with Gasteiger partial charge in [-0.1, -0.05) is 0 Å². The maximum Gasteiger partial charge on any atom is 0.249 e. The second kappa shape index (κ2) is 6.76. The van der Waals surface area contributed by atoms with E-state index in [1.54, 1.807) is 12.4 Å². The third kappa shape index (κ3) is 3.32. The van der Waals surface area contributed by atoms with Crippen molar-refractivity contribution in [3.8, 4) is 16.9 Å². The first-order valence-corrected chi connectivity index (χ1v) is 8.34. The first kappa shape index (κ1) is 16.0. The van der Waals surface area contributed by atoms with Gasteiger partial charge in [-0.15, -0.1) is 0 Å². The number of hydrogen-bond acceptors (Lipinski definition) is 5. The normalized spacial score (nSPS) is 21.6. The molecular formula is C18H18FN3O3. The highest BCUT2D eigenvalue weighted by Gasteiger charge is 2.29. The maximum absolute atomic E-state index is 14.0. The number of nitrogens with one attached hydrogen (secondary N) is 1. The quantitative estimate of drug-likeness (QED) is 0.918. The summed E-state index contributed by atoms with van der Waals surface area (Å²) in [6.45, 7) is 0.991. The zero-order valence-electron chi connectivity index (χ0n) is 13.6. The van der Waals surface area contributed by atoms with Gasteiger partial charge in [0.2, 0.25) is 5.91 Å². The molecule has 1 aromatic carbocycles. The predicted octanol–water partition coefficient (Wildman–Crippen LogP) is 1.88. The number of nitrogens with zero attached hydrogens (tertiary/aromatic N) is 2. The Morgan fingerprint density at radius 1 is 1.32 bits per heavy atom. The molecule has 25 heavy (non-hydrogen) atoms. The van der Waals surface area contributed by atoms with Crippen molar-refractivity contribution in [2.24, 2.45) is 0 Å². The van der Waals surface area contributed by atoms with Gasteiger partial charge in [0.1, 0.15) is 30.1 Å². The van der Waals surface area contributed by atoms with Crippen LogP contribution in [0.15, 0.2) is 30.9 Å². The van der Waals surface area contributed by atoms with Crippen molar-refractivity contribution in [2.75, 3.05) is 13.2 Å². The van der Waals surface area contributed by atoms with Crippen molar-refractivity contribution in [3.63, 3.8) is 0 Å². The first-order valence-electron chi connectivity index (χ1n) is 8.34. The van der Waals surface area contributed by atoms with E-state index < -0.39 is 0 Å². The van der Waals surface area contributed by atoms with Gasteiger partial charge >= 0.3 is 0 Å². The van der Waals surface area contributed by atoms with Gasteiger partial charge in [0, 0.05) is 42.1 Å². The van der Waals surface area contributed by atoms with Gasteiger partial charge in [0.25, 0.3) is 0 Å². The molecule has 7 heteroatoms. The van der Waals surface area contributed by atoms with E-state index in [0.29, 0.717) is 36.4 Å². The third-order valence-corrected chi connectivity index (χ3v) is 4.46. The fourth-order valence-corrected chi connectivity index (χ4v) is 3.27. The van der Waals surface area contributed by atoms with Gasteiger partial charge in [-0.3, -0.25) is 4.79 Å². The van der Waals surface area contributed by atoms with Crippen LogP contribution in [0.2, 0.25) is 0 Å². The Balaban J connectivity index is 1.48. The maximum atomic E-state index is 14.0. The summed E-state index contributed by atoms with van der Waals surface area (Å²) in [6.07, 6.45) is 6.28. The molecule has 2 aliphatic rings. The highest BCUT2D eigenvalue weighted by Crippen LogP contribution is 2.39. The van der Waals surface area contributed by atoms with E-state index in [9.17, 15) is 9.18 Å². The lowest BCUT2D eigenvalue weighted by molar-refractivity contribution is -0.130. The van der Waals surface area contributed by atoms with Crippen LogP contribution in [0.25, 0.3) is 11.1 Å². The lowest BCUT2D eigenvalue weighted by Gasteiger charge is -2.15. The number of aromatic nitrogens is 2. The molecular weight excluding hydrogens is 325 g/mol. The second-order valence-electron chi connectivity index (χ2n) is 6.26. The van der Waals surface area contributed by atoms with Crippen LogP contribution in [0.3, 0.4) is 0 Å². The number of carbonyl (C=O) groups excluding carboxylic acids is 1. The Kier molecular flexibility index (Phi) is 4.31. The molecule has 0 aliphatic carbocycles. The summed E-state index contributed by atoms with van der Waals surface area (Å²) >= 11 is 0. The van der Waals surface area contributed by atoms with Crippen molar-refractivity contribution < 1.29 is 18.7 Å². The van der Waals surface area contributed by atoms with E-state index in [-0.39, 0.29) is 23.9 Å². The Morgan fingerprint density at radius 3 is 2.92 bits per heavy atom. The number of rotatable bonds is 4. The molecule has 2 aromatic rings. The smallest absolute Gasteiger partial charge is 0.249 e. The van der Waals surface area contributed by atoms with Crippen molar-refractivity contribution in [2.45, 2.75) is 31.5 Å². The van der Waals surface area contributed by atoms with Gasteiger partial charge < -0.3 is 14.8 Å². The fraction of sp³-hybridized carbons (Fsp3) is 0.389. The molecule has 1 aromatic heterocycles. The SMILES string of the molecule is O=C(NC[C@@H]1Cc2cc(F)cc(-c3cncnc3)c2O1)[C@H]1CCCO1. The summed E-state index contributed by atoms with van der Waals surface area (Å²) < 4.78 is 25.3. The molecule has 2 aliphatic heterocycles. The Morgan fingerprint density at radius 2 is 2.16 bits per heavy atom. The van der Waals surface area contributed by atoms with E-state index in [1.165, 1.54) is 18.5 Å². The van der Waals surface area contributed by atoms with E-state index in [4.69, 9.17) is 9.47 Å². The molecule has 3 heterocycles. The van der Waals surface area contributed by atoms with Crippen LogP contribution >= 0.6 is 0 Å². The minimum atomic E-state index is -0.363. The van der Waals surface area contributed by atoms with Crippen LogP contribution in [0, 0.1) is 5.82 Å². The van der Waals surface area contributed by atoms with Crippen LogP contribution in [0.5, 0.6) is 5.75 Å². The molecule has 0 unspecified atom stereocenters. The van der Waals surface area contributed by atoms with Crippen molar-refractivity contribution in [1.29, 1.82) is 0 Å². The third-order valence-electron chi connectivity index (χ3n) is 4.46. The second-order valence-corrected chi connectivity index (χ2v) is 6.26. The molecule has 0 bridgehead atoms. The highest BCUT2D eigenvalue weighted by atomic mass is 19.1. The number of amides is 1. The van der Waals surface area contributed by atoms with Gasteiger partial charge in [-0.05, 0) is 25.0 Å². The molecule has 1 N–H and O–H groups in total. The van der Waals surface area contributed by atoms with Crippen LogP contribution in [0.1, 0.15) is 18.4 Å². The Labute approximate surface area is 144 Å². The molecule has 0 radical (unpaired) electrons. The standard InChI is InChI=1S/C18H18FN3O3/c19-13-4-11-5-14(9-22-18(23)16-2-1-3-24-16)25-17(11)15(6-13)12-7-20-10-21-8-12/h4,6-8,10,14,16H,1-3,5,9H2,(H,22,23)/t14-,16+/m0/s1. The molecule has 0 saturated carbocycles. The minimum Gasteiger partial charge on any atom is -0.487 e. The van der Waals surface area contributed by atoms with Crippen LogP contribution in [-0.2, 0) is 16.0 Å². The molecule has 1 fully saturated rings. The fourth-order valence-electron chi connectivity index (χ4n) is 3.27. The zero-order valence-corrected chi connectivity index (χ0v) is 13.6. The molecule has 4 rings (SSSR count). The summed E-state index contributed by atoms with van der Waals surface area (Å²) in [5.41, 5.74) is 2.11. The number of fused-ring (bicyclic) bond motifs is 1. The Bertz CT molecular complexity index is 779. The molecule has 130 valence electrons. The van der Waals surface area contributed by atoms with Gasteiger partial charge in [-0.2, -0.15) is 0 Å². The van der Waals surface area contributed by atoms with Crippen LogP contribution in [0.4, 0.5) is 4.39 Å². The summed E-state index contributed by atoms with van der Waals surface area (Å²) in [5.74, 6) is 0.192. The van der Waals surface area contributed by atoms with E-state index in [2.05, 4.69) is 15.3 Å². The van der Waals surface area contributed by atoms with E-state index >= 15 is 0 Å². The number of carbonyl (C=O) groups is 1. The predicted molar refractivity (Wildman–Crippen MR) is 87.5 cm³/mol. The molecule has 2 atom stereocenters. The summed E-state index contributed by atoms with van der Waals surface area (Å²) in [6, 6.07) is 2.90. The summed E-state index contributed by atoms with van der Waals surface area (Å²) in [5, 5.41) is 2.87. The van der Waals surface area contributed by atoms with Crippen molar-refractivity contribution in [1.82, 2.24) is 15.3 Å². The number of halogens is 1. The zero-order chi connectivity index (χ0) is 17.2. The van der Waals surface area contributed by atoms with Crippen LogP contribution < -0.4 is 10.1 Å². The highest BCUT2D eigenvalue weighted by molar-refractivity contribution is 5.81. The van der Waals surface area contributed by atoms with Crippen molar-refractivity contribution in [3.05, 3.63) is 42.2 Å².